The summed E-state index contributed by atoms with van der Waals surface area (Å²) >= 11 is 0. The summed E-state index contributed by atoms with van der Waals surface area (Å²) in [7, 11) is -2.15. The summed E-state index contributed by atoms with van der Waals surface area (Å²) in [4.78, 5) is 24.8. The second-order valence-corrected chi connectivity index (χ2v) is 7.99. The van der Waals surface area contributed by atoms with Crippen LogP contribution in [0.4, 0.5) is 11.4 Å². The first-order valence-electron chi connectivity index (χ1n) is 7.87. The Labute approximate surface area is 151 Å². The Morgan fingerprint density at radius 2 is 1.73 bits per heavy atom. The van der Waals surface area contributed by atoms with Crippen molar-refractivity contribution in [3.63, 3.8) is 0 Å². The van der Waals surface area contributed by atoms with Gasteiger partial charge in [0.25, 0.3) is 0 Å². The number of benzene rings is 2. The fraction of sp³-hybridized carbons (Fsp3) is 0.222. The van der Waals surface area contributed by atoms with Gasteiger partial charge in [0.1, 0.15) is 11.5 Å². The van der Waals surface area contributed by atoms with Crippen LogP contribution < -0.4 is 15.0 Å². The van der Waals surface area contributed by atoms with Gasteiger partial charge in [0, 0.05) is 18.3 Å². The molecule has 8 heteroatoms. The third-order valence-electron chi connectivity index (χ3n) is 4.03. The Kier molecular flexibility index (Phi) is 4.69. The van der Waals surface area contributed by atoms with E-state index in [4.69, 9.17) is 4.74 Å². The van der Waals surface area contributed by atoms with Gasteiger partial charge >= 0.3 is 0 Å². The summed E-state index contributed by atoms with van der Waals surface area (Å²) in [6.07, 6.45) is 0. The van der Waals surface area contributed by atoms with Gasteiger partial charge in [0.05, 0.1) is 7.11 Å². The quantitative estimate of drug-likeness (QED) is 0.885. The number of nitrogens with one attached hydrogen (secondary N) is 1. The average Bonchev–Trinajstić information content (AvgIpc) is 2.84. The van der Waals surface area contributed by atoms with Gasteiger partial charge in [-0.1, -0.05) is 12.1 Å². The maximum Gasteiger partial charge on any atom is 0.243 e. The highest BCUT2D eigenvalue weighted by molar-refractivity contribution is 7.93. The predicted octanol–water partition coefficient (Wildman–Crippen LogP) is 2.11. The summed E-state index contributed by atoms with van der Waals surface area (Å²) in [6, 6.07) is 13.1. The molecule has 1 saturated heterocycles. The third-order valence-corrected chi connectivity index (χ3v) is 5.85. The van der Waals surface area contributed by atoms with E-state index in [9.17, 15) is 18.0 Å². The first-order valence-corrected chi connectivity index (χ1v) is 9.58. The van der Waals surface area contributed by atoms with Crippen LogP contribution in [-0.4, -0.2) is 33.1 Å². The zero-order valence-corrected chi connectivity index (χ0v) is 15.1. The summed E-state index contributed by atoms with van der Waals surface area (Å²) in [5.74, 6) is -0.648. The number of amides is 2. The molecule has 1 heterocycles. The molecule has 0 aliphatic carbocycles. The van der Waals surface area contributed by atoms with Crippen LogP contribution in [0.5, 0.6) is 5.75 Å². The number of hydrogen-bond acceptors (Lipinski definition) is 5. The number of methoxy groups -OCH3 is 1. The smallest absolute Gasteiger partial charge is 0.243 e. The summed E-state index contributed by atoms with van der Waals surface area (Å²) in [5.41, 5.74) is 1.50. The van der Waals surface area contributed by atoms with Gasteiger partial charge in [-0.25, -0.2) is 8.42 Å². The van der Waals surface area contributed by atoms with E-state index in [1.807, 2.05) is 0 Å². The van der Waals surface area contributed by atoms with E-state index < -0.39 is 26.9 Å². The molecule has 3 rings (SSSR count). The maximum atomic E-state index is 12.6. The Morgan fingerprint density at radius 3 is 2.27 bits per heavy atom. The van der Waals surface area contributed by atoms with Crippen LogP contribution in [0.2, 0.25) is 0 Å². The molecule has 0 bridgehead atoms. The molecule has 0 saturated carbocycles. The molecule has 1 N–H and O–H groups in total. The normalized spacial score (nSPS) is 18.6. The predicted molar refractivity (Wildman–Crippen MR) is 97.8 cm³/mol. The van der Waals surface area contributed by atoms with Crippen LogP contribution in [0.3, 0.4) is 0 Å². The molecule has 0 aromatic heterocycles. The van der Waals surface area contributed by atoms with Crippen molar-refractivity contribution >= 4 is 33.0 Å². The van der Waals surface area contributed by atoms with Crippen molar-refractivity contribution in [2.75, 3.05) is 23.1 Å². The summed E-state index contributed by atoms with van der Waals surface area (Å²) in [6.45, 7) is 1.39. The van der Waals surface area contributed by atoms with Crippen LogP contribution in [0.15, 0.2) is 48.5 Å². The number of nitrogens with zero attached hydrogens (tertiary/aromatic N) is 1. The first-order chi connectivity index (χ1) is 12.3. The van der Waals surface area contributed by atoms with Crippen molar-refractivity contribution < 1.29 is 22.7 Å². The van der Waals surface area contributed by atoms with Gasteiger partial charge in [-0.15, -0.1) is 0 Å². The van der Waals surface area contributed by atoms with E-state index in [0.717, 1.165) is 0 Å². The molecule has 0 unspecified atom stereocenters. The van der Waals surface area contributed by atoms with E-state index in [2.05, 4.69) is 5.32 Å². The van der Waals surface area contributed by atoms with Crippen LogP contribution in [-0.2, 0) is 19.4 Å². The lowest BCUT2D eigenvalue weighted by molar-refractivity contribution is -0.116. The maximum absolute atomic E-state index is 12.6. The van der Waals surface area contributed by atoms with Gasteiger partial charge in [0.2, 0.25) is 11.8 Å². The molecule has 136 valence electrons. The number of carbonyl (C=O) groups excluding carboxylic acids is 2. The van der Waals surface area contributed by atoms with Gasteiger partial charge in [-0.3, -0.25) is 14.5 Å². The highest BCUT2D eigenvalue weighted by Gasteiger charge is 2.45. The fourth-order valence-electron chi connectivity index (χ4n) is 2.92. The van der Waals surface area contributed by atoms with Crippen molar-refractivity contribution in [3.8, 4) is 5.75 Å². The fourth-order valence-corrected chi connectivity index (χ4v) is 4.70. The number of carbonyl (C=O) groups is 2. The Morgan fingerprint density at radius 1 is 1.12 bits per heavy atom. The van der Waals surface area contributed by atoms with E-state index in [0.29, 0.717) is 22.7 Å². The number of rotatable bonds is 4. The van der Waals surface area contributed by atoms with Crippen molar-refractivity contribution in [1.29, 1.82) is 0 Å². The average molecular weight is 374 g/mol. The van der Waals surface area contributed by atoms with Crippen LogP contribution in [0.25, 0.3) is 0 Å². The van der Waals surface area contributed by atoms with E-state index >= 15 is 0 Å². The van der Waals surface area contributed by atoms with E-state index in [1.54, 1.807) is 48.5 Å². The lowest BCUT2D eigenvalue weighted by atomic mass is 10.1. The second-order valence-electron chi connectivity index (χ2n) is 5.92. The molecule has 2 aromatic rings. The molecule has 0 spiro atoms. The van der Waals surface area contributed by atoms with Crippen LogP contribution in [0, 0.1) is 0 Å². The standard InChI is InChI=1S/C18H18N2O5S/c1-12(21)19-14-5-7-15(8-6-14)20-17(22)11-26(23,24)18(20)13-3-9-16(25-2)10-4-13/h3-10,18H,11H2,1-2H3,(H,19,21)/t18-/m1/s1. The molecule has 0 radical (unpaired) electrons. The van der Waals surface area contributed by atoms with Crippen molar-refractivity contribution in [2.24, 2.45) is 0 Å². The lowest BCUT2D eigenvalue weighted by Crippen LogP contribution is -2.29. The second kappa shape index (κ2) is 6.80. The molecule has 1 fully saturated rings. The molecule has 1 aliphatic rings. The van der Waals surface area contributed by atoms with Crippen molar-refractivity contribution in [2.45, 2.75) is 12.3 Å². The van der Waals surface area contributed by atoms with Gasteiger partial charge in [-0.2, -0.15) is 0 Å². The van der Waals surface area contributed by atoms with Gasteiger partial charge in [0.15, 0.2) is 15.2 Å². The number of anilines is 2. The highest BCUT2D eigenvalue weighted by Crippen LogP contribution is 2.38. The van der Waals surface area contributed by atoms with E-state index in [-0.39, 0.29) is 5.91 Å². The zero-order chi connectivity index (χ0) is 18.9. The topological polar surface area (TPSA) is 92.8 Å². The zero-order valence-electron chi connectivity index (χ0n) is 14.3. The van der Waals surface area contributed by atoms with Crippen molar-refractivity contribution in [3.05, 3.63) is 54.1 Å². The molecule has 26 heavy (non-hydrogen) atoms. The summed E-state index contributed by atoms with van der Waals surface area (Å²) < 4.78 is 30.2. The molecular weight excluding hydrogens is 356 g/mol. The largest absolute Gasteiger partial charge is 0.497 e. The monoisotopic (exact) mass is 374 g/mol. The Balaban J connectivity index is 1.99. The summed E-state index contributed by atoms with van der Waals surface area (Å²) in [5, 5.41) is 1.54. The highest BCUT2D eigenvalue weighted by atomic mass is 32.2. The van der Waals surface area contributed by atoms with E-state index in [1.165, 1.54) is 18.9 Å². The molecular formula is C18H18N2O5S. The molecule has 2 amide bonds. The van der Waals surface area contributed by atoms with Gasteiger partial charge < -0.3 is 10.1 Å². The molecule has 1 atom stereocenters. The third kappa shape index (κ3) is 3.41. The van der Waals surface area contributed by atoms with Crippen molar-refractivity contribution in [1.82, 2.24) is 0 Å². The van der Waals surface area contributed by atoms with Gasteiger partial charge in [-0.05, 0) is 42.0 Å². The molecule has 7 nitrogen and oxygen atoms in total. The Bertz CT molecular complexity index is 937. The number of hydrogen-bond donors (Lipinski definition) is 1. The minimum atomic E-state index is -3.67. The van der Waals surface area contributed by atoms with Crippen LogP contribution >= 0.6 is 0 Å². The minimum Gasteiger partial charge on any atom is -0.497 e. The lowest BCUT2D eigenvalue weighted by Gasteiger charge is -2.24. The van der Waals surface area contributed by atoms with Crippen LogP contribution in [0.1, 0.15) is 17.9 Å². The molecule has 1 aliphatic heterocycles. The first kappa shape index (κ1) is 17.9. The Hall–Kier alpha value is -2.87. The molecule has 2 aromatic carbocycles. The SMILES string of the molecule is COc1ccc([C@@H]2N(c3ccc(NC(C)=O)cc3)C(=O)CS2(=O)=O)cc1. The number of ether oxygens (including phenoxy) is 1. The minimum absolute atomic E-state index is 0.214. The number of sulfone groups is 1.